The number of hydrogen-bond donors (Lipinski definition) is 0. The van der Waals surface area contributed by atoms with Crippen molar-refractivity contribution in [3.8, 4) is 11.5 Å². The fourth-order valence-electron chi connectivity index (χ4n) is 2.72. The van der Waals surface area contributed by atoms with Gasteiger partial charge in [-0.25, -0.2) is 4.79 Å². The molecule has 0 aliphatic carbocycles. The molecule has 0 spiro atoms. The van der Waals surface area contributed by atoms with E-state index >= 15 is 0 Å². The van der Waals surface area contributed by atoms with Gasteiger partial charge in [-0.2, -0.15) is 0 Å². The molecule has 0 unspecified atom stereocenters. The van der Waals surface area contributed by atoms with Crippen molar-refractivity contribution >= 4 is 11.0 Å². The Bertz CT molecular complexity index is 925. The van der Waals surface area contributed by atoms with Crippen LogP contribution in [0, 0.1) is 6.92 Å². The van der Waals surface area contributed by atoms with Gasteiger partial charge >= 0.3 is 5.63 Å². The maximum Gasteiger partial charge on any atom is 0.336 e. The van der Waals surface area contributed by atoms with Gasteiger partial charge in [0.1, 0.15) is 23.7 Å². The molecule has 0 aliphatic heterocycles. The Hall–Kier alpha value is -2.75. The van der Waals surface area contributed by atoms with Gasteiger partial charge in [0.15, 0.2) is 0 Å². The number of aryl methyl sites for hydroxylation is 2. The summed E-state index contributed by atoms with van der Waals surface area (Å²) in [4.78, 5) is 11.6. The largest absolute Gasteiger partial charge is 0.497 e. The molecule has 0 N–H and O–H groups in total. The smallest absolute Gasteiger partial charge is 0.336 e. The second-order valence-corrected chi connectivity index (χ2v) is 5.70. The van der Waals surface area contributed by atoms with Crippen molar-refractivity contribution in [2.75, 3.05) is 7.11 Å². The lowest BCUT2D eigenvalue weighted by molar-refractivity contribution is 0.302. The first-order valence-corrected chi connectivity index (χ1v) is 7.94. The molecule has 0 atom stereocenters. The molecule has 124 valence electrons. The van der Waals surface area contributed by atoms with Crippen LogP contribution in [0.5, 0.6) is 11.5 Å². The second kappa shape index (κ2) is 6.79. The summed E-state index contributed by atoms with van der Waals surface area (Å²) >= 11 is 0. The molecule has 0 amide bonds. The van der Waals surface area contributed by atoms with Crippen molar-refractivity contribution in [3.63, 3.8) is 0 Å². The van der Waals surface area contributed by atoms with Crippen LogP contribution in [0.15, 0.2) is 51.7 Å². The Balaban J connectivity index is 1.94. The second-order valence-electron chi connectivity index (χ2n) is 5.70. The monoisotopic (exact) mass is 324 g/mol. The summed E-state index contributed by atoms with van der Waals surface area (Å²) in [5, 5.41) is 0.945. The van der Waals surface area contributed by atoms with Crippen molar-refractivity contribution in [2.24, 2.45) is 0 Å². The number of ether oxygens (including phenoxy) is 2. The van der Waals surface area contributed by atoms with Crippen LogP contribution < -0.4 is 15.1 Å². The quantitative estimate of drug-likeness (QED) is 0.658. The van der Waals surface area contributed by atoms with E-state index in [1.54, 1.807) is 7.11 Å². The van der Waals surface area contributed by atoms with Crippen LogP contribution in [0.1, 0.15) is 23.6 Å². The number of benzene rings is 2. The Morgan fingerprint density at radius 3 is 2.71 bits per heavy atom. The highest BCUT2D eigenvalue weighted by molar-refractivity contribution is 5.82. The predicted molar refractivity (Wildman–Crippen MR) is 93.9 cm³/mol. The van der Waals surface area contributed by atoms with Crippen LogP contribution in [0.4, 0.5) is 0 Å². The highest BCUT2D eigenvalue weighted by atomic mass is 16.5. The van der Waals surface area contributed by atoms with E-state index in [4.69, 9.17) is 13.9 Å². The zero-order chi connectivity index (χ0) is 17.1. The molecule has 4 nitrogen and oxygen atoms in total. The Morgan fingerprint density at radius 1 is 1.12 bits per heavy atom. The van der Waals surface area contributed by atoms with E-state index in [0.717, 1.165) is 40.0 Å². The Labute approximate surface area is 140 Å². The summed E-state index contributed by atoms with van der Waals surface area (Å²) < 4.78 is 16.5. The van der Waals surface area contributed by atoms with Gasteiger partial charge in [-0.1, -0.05) is 19.1 Å². The standard InChI is InChI=1S/C20H20O4/c1-4-15-10-17-13(2)8-20(21)24-19(17)11-18(15)23-12-14-6-5-7-16(9-14)22-3/h5-11H,4,12H2,1-3H3. The number of hydrogen-bond acceptors (Lipinski definition) is 4. The number of fused-ring (bicyclic) bond motifs is 1. The molecule has 0 bridgehead atoms. The number of rotatable bonds is 5. The average molecular weight is 324 g/mol. The fraction of sp³-hybridized carbons (Fsp3) is 0.250. The molecule has 1 heterocycles. The minimum absolute atomic E-state index is 0.344. The molecule has 4 heteroatoms. The van der Waals surface area contributed by atoms with Gasteiger partial charge in [0.2, 0.25) is 0 Å². The highest BCUT2D eigenvalue weighted by Crippen LogP contribution is 2.28. The molecule has 0 aliphatic rings. The molecule has 24 heavy (non-hydrogen) atoms. The van der Waals surface area contributed by atoms with Crippen molar-refractivity contribution in [1.82, 2.24) is 0 Å². The topological polar surface area (TPSA) is 48.7 Å². The van der Waals surface area contributed by atoms with E-state index in [9.17, 15) is 4.79 Å². The predicted octanol–water partition coefficient (Wildman–Crippen LogP) is 4.25. The summed E-state index contributed by atoms with van der Waals surface area (Å²) in [6, 6.07) is 13.1. The average Bonchev–Trinajstić information content (AvgIpc) is 2.59. The lowest BCUT2D eigenvalue weighted by Crippen LogP contribution is -2.02. The molecular weight excluding hydrogens is 304 g/mol. The molecule has 0 radical (unpaired) electrons. The van der Waals surface area contributed by atoms with Gasteiger partial charge in [-0.05, 0) is 48.2 Å². The third kappa shape index (κ3) is 3.27. The molecular formula is C20H20O4. The summed E-state index contributed by atoms with van der Waals surface area (Å²) in [6.07, 6.45) is 0.835. The van der Waals surface area contributed by atoms with Crippen molar-refractivity contribution < 1.29 is 13.9 Å². The normalized spacial score (nSPS) is 10.8. The van der Waals surface area contributed by atoms with Crippen LogP contribution in [0.25, 0.3) is 11.0 Å². The van der Waals surface area contributed by atoms with E-state index in [1.807, 2.05) is 43.3 Å². The van der Waals surface area contributed by atoms with Gasteiger partial charge < -0.3 is 13.9 Å². The molecule has 1 aromatic heterocycles. The Morgan fingerprint density at radius 2 is 1.96 bits per heavy atom. The minimum atomic E-state index is -0.344. The fourth-order valence-corrected chi connectivity index (χ4v) is 2.72. The summed E-state index contributed by atoms with van der Waals surface area (Å²) in [6.45, 7) is 4.41. The van der Waals surface area contributed by atoms with Crippen LogP contribution in [0.3, 0.4) is 0 Å². The lowest BCUT2D eigenvalue weighted by atomic mass is 10.1. The van der Waals surface area contributed by atoms with Gasteiger partial charge in [0.25, 0.3) is 0 Å². The van der Waals surface area contributed by atoms with Gasteiger partial charge in [0, 0.05) is 17.5 Å². The van der Waals surface area contributed by atoms with Crippen LogP contribution >= 0.6 is 0 Å². The Kier molecular flexibility index (Phi) is 4.56. The van der Waals surface area contributed by atoms with Gasteiger partial charge in [-0.15, -0.1) is 0 Å². The van der Waals surface area contributed by atoms with E-state index in [-0.39, 0.29) is 5.63 Å². The summed E-state index contributed by atoms with van der Waals surface area (Å²) in [5.74, 6) is 1.54. The zero-order valence-electron chi connectivity index (χ0n) is 14.1. The van der Waals surface area contributed by atoms with E-state index in [1.165, 1.54) is 6.07 Å². The first kappa shape index (κ1) is 16.1. The van der Waals surface area contributed by atoms with E-state index in [0.29, 0.717) is 12.2 Å². The first-order valence-electron chi connectivity index (χ1n) is 7.94. The maximum atomic E-state index is 11.6. The first-order chi connectivity index (χ1) is 11.6. The lowest BCUT2D eigenvalue weighted by Gasteiger charge is -2.13. The van der Waals surface area contributed by atoms with E-state index < -0.39 is 0 Å². The third-order valence-electron chi connectivity index (χ3n) is 4.04. The third-order valence-corrected chi connectivity index (χ3v) is 4.04. The van der Waals surface area contributed by atoms with Crippen LogP contribution in [0.2, 0.25) is 0 Å². The maximum absolute atomic E-state index is 11.6. The molecule has 0 saturated carbocycles. The molecule has 2 aromatic carbocycles. The van der Waals surface area contributed by atoms with E-state index in [2.05, 4.69) is 6.92 Å². The van der Waals surface area contributed by atoms with Crippen LogP contribution in [-0.2, 0) is 13.0 Å². The summed E-state index contributed by atoms with van der Waals surface area (Å²) in [5.41, 5.74) is 3.22. The molecule has 0 saturated heterocycles. The SMILES string of the molecule is CCc1cc2c(C)cc(=O)oc2cc1OCc1cccc(OC)c1. The minimum Gasteiger partial charge on any atom is -0.497 e. The highest BCUT2D eigenvalue weighted by Gasteiger charge is 2.10. The summed E-state index contributed by atoms with van der Waals surface area (Å²) in [7, 11) is 1.64. The molecule has 3 aromatic rings. The zero-order valence-corrected chi connectivity index (χ0v) is 14.1. The van der Waals surface area contributed by atoms with Gasteiger partial charge in [0.05, 0.1) is 7.11 Å². The molecule has 0 fully saturated rings. The van der Waals surface area contributed by atoms with Crippen molar-refractivity contribution in [2.45, 2.75) is 26.9 Å². The van der Waals surface area contributed by atoms with Crippen molar-refractivity contribution in [3.05, 3.63) is 69.6 Å². The van der Waals surface area contributed by atoms with Crippen LogP contribution in [-0.4, -0.2) is 7.11 Å². The number of methoxy groups -OCH3 is 1. The van der Waals surface area contributed by atoms with Gasteiger partial charge in [-0.3, -0.25) is 0 Å². The molecule has 3 rings (SSSR count). The van der Waals surface area contributed by atoms with Crippen molar-refractivity contribution in [1.29, 1.82) is 0 Å².